The van der Waals surface area contributed by atoms with Gasteiger partial charge in [-0.1, -0.05) is 29.8 Å². The molecule has 2 atom stereocenters. The van der Waals surface area contributed by atoms with Gasteiger partial charge in [0.15, 0.2) is 0 Å². The molecule has 2 aromatic carbocycles. The van der Waals surface area contributed by atoms with Gasteiger partial charge in [-0.2, -0.15) is 0 Å². The first kappa shape index (κ1) is 16.9. The summed E-state index contributed by atoms with van der Waals surface area (Å²) in [6, 6.07) is 15.3. The van der Waals surface area contributed by atoms with Gasteiger partial charge < -0.3 is 15.5 Å². The van der Waals surface area contributed by atoms with Gasteiger partial charge in [0.1, 0.15) is 0 Å². The lowest BCUT2D eigenvalue weighted by Crippen LogP contribution is -2.47. The number of nitrogens with zero attached hydrogens (tertiary/aromatic N) is 1. The van der Waals surface area contributed by atoms with Crippen LogP contribution in [0.5, 0.6) is 0 Å². The van der Waals surface area contributed by atoms with E-state index < -0.39 is 0 Å². The van der Waals surface area contributed by atoms with Crippen molar-refractivity contribution in [3.63, 3.8) is 0 Å². The average molecular weight is 370 g/mol. The van der Waals surface area contributed by atoms with Crippen molar-refractivity contribution < 1.29 is 9.59 Å². The van der Waals surface area contributed by atoms with E-state index in [4.69, 9.17) is 11.6 Å². The molecule has 5 nitrogen and oxygen atoms in total. The quantitative estimate of drug-likeness (QED) is 0.870. The molecule has 4 rings (SSSR count). The van der Waals surface area contributed by atoms with Crippen molar-refractivity contribution in [2.24, 2.45) is 5.92 Å². The van der Waals surface area contributed by atoms with Crippen molar-refractivity contribution in [1.29, 1.82) is 0 Å². The number of nitrogens with one attached hydrogen (secondary N) is 2. The minimum absolute atomic E-state index is 0.0274. The van der Waals surface area contributed by atoms with E-state index in [2.05, 4.69) is 10.6 Å². The van der Waals surface area contributed by atoms with Gasteiger partial charge in [0.25, 0.3) is 0 Å². The van der Waals surface area contributed by atoms with Gasteiger partial charge in [0.05, 0.1) is 6.54 Å². The zero-order valence-corrected chi connectivity index (χ0v) is 15.0. The second-order valence-electron chi connectivity index (χ2n) is 6.78. The summed E-state index contributed by atoms with van der Waals surface area (Å²) >= 11 is 6.23. The number of carbonyl (C=O) groups excluding carboxylic acids is 2. The fourth-order valence-electron chi connectivity index (χ4n) is 3.45. The Hall–Kier alpha value is -2.53. The fourth-order valence-corrected chi connectivity index (χ4v) is 3.73. The summed E-state index contributed by atoms with van der Waals surface area (Å²) in [5.74, 6) is 0.239. The minimum Gasteiger partial charge on any atom is -0.360 e. The minimum atomic E-state index is -0.0274. The lowest BCUT2D eigenvalue weighted by Gasteiger charge is -2.28. The molecule has 2 aromatic rings. The van der Waals surface area contributed by atoms with Gasteiger partial charge in [-0.15, -0.1) is 0 Å². The summed E-state index contributed by atoms with van der Waals surface area (Å²) in [7, 11) is 0. The Morgan fingerprint density at radius 3 is 2.65 bits per heavy atom. The monoisotopic (exact) mass is 369 g/mol. The number of anilines is 2. The van der Waals surface area contributed by atoms with E-state index in [1.807, 2.05) is 53.4 Å². The van der Waals surface area contributed by atoms with E-state index in [0.717, 1.165) is 34.9 Å². The molecule has 134 valence electrons. The first-order valence-corrected chi connectivity index (χ1v) is 9.16. The molecule has 0 spiro atoms. The molecule has 1 heterocycles. The molecule has 0 radical (unpaired) electrons. The first-order valence-electron chi connectivity index (χ1n) is 8.79. The van der Waals surface area contributed by atoms with E-state index in [1.165, 1.54) is 0 Å². The van der Waals surface area contributed by atoms with Crippen LogP contribution in [0.25, 0.3) is 0 Å². The van der Waals surface area contributed by atoms with E-state index in [9.17, 15) is 9.59 Å². The maximum atomic E-state index is 12.5. The van der Waals surface area contributed by atoms with Crippen molar-refractivity contribution in [3.05, 3.63) is 59.1 Å². The van der Waals surface area contributed by atoms with Gasteiger partial charge in [-0.05, 0) is 48.2 Å². The predicted molar refractivity (Wildman–Crippen MR) is 103 cm³/mol. The molecule has 1 saturated carbocycles. The topological polar surface area (TPSA) is 61.4 Å². The van der Waals surface area contributed by atoms with Crippen molar-refractivity contribution in [1.82, 2.24) is 5.32 Å². The highest BCUT2D eigenvalue weighted by molar-refractivity contribution is 6.31. The van der Waals surface area contributed by atoms with Crippen LogP contribution in [-0.4, -0.2) is 31.4 Å². The third kappa shape index (κ3) is 3.53. The molecular weight excluding hydrogens is 350 g/mol. The zero-order valence-electron chi connectivity index (χ0n) is 14.2. The lowest BCUT2D eigenvalue weighted by molar-refractivity contribution is -0.120. The van der Waals surface area contributed by atoms with Crippen LogP contribution in [0.4, 0.5) is 11.4 Å². The molecule has 0 unspecified atom stereocenters. The predicted octanol–water partition coefficient (Wildman–Crippen LogP) is 3.02. The molecule has 6 heteroatoms. The number of amides is 2. The van der Waals surface area contributed by atoms with Gasteiger partial charge in [0, 0.05) is 35.4 Å². The molecule has 0 bridgehead atoms. The van der Waals surface area contributed by atoms with Crippen LogP contribution in [0.15, 0.2) is 48.5 Å². The van der Waals surface area contributed by atoms with E-state index in [-0.39, 0.29) is 23.7 Å². The molecule has 1 aliphatic carbocycles. The van der Waals surface area contributed by atoms with Crippen LogP contribution >= 0.6 is 11.6 Å². The van der Waals surface area contributed by atoms with E-state index in [0.29, 0.717) is 13.1 Å². The summed E-state index contributed by atoms with van der Waals surface area (Å²) < 4.78 is 0. The SMILES string of the molecule is O=C1CN(c2ccc(NC(=O)[C@@H]3C[C@H]3c3ccccc3Cl)cc2)CCN1. The van der Waals surface area contributed by atoms with Crippen LogP contribution in [0.3, 0.4) is 0 Å². The van der Waals surface area contributed by atoms with E-state index in [1.54, 1.807) is 0 Å². The molecule has 2 amide bonds. The summed E-state index contributed by atoms with van der Waals surface area (Å²) in [6.07, 6.45) is 0.830. The Balaban J connectivity index is 1.37. The van der Waals surface area contributed by atoms with E-state index >= 15 is 0 Å². The molecule has 1 saturated heterocycles. The first-order chi connectivity index (χ1) is 12.6. The number of rotatable bonds is 4. The summed E-state index contributed by atoms with van der Waals surface area (Å²) in [6.45, 7) is 1.81. The Labute approximate surface area is 157 Å². The van der Waals surface area contributed by atoms with Gasteiger partial charge in [-0.25, -0.2) is 0 Å². The smallest absolute Gasteiger partial charge is 0.239 e. The van der Waals surface area contributed by atoms with Crippen LogP contribution < -0.4 is 15.5 Å². The lowest BCUT2D eigenvalue weighted by atomic mass is 10.1. The number of halogens is 1. The molecule has 2 N–H and O–H groups in total. The fraction of sp³-hybridized carbons (Fsp3) is 0.300. The third-order valence-electron chi connectivity index (χ3n) is 4.97. The Kier molecular flexibility index (Phi) is 4.55. The van der Waals surface area contributed by atoms with Crippen LogP contribution in [0.1, 0.15) is 17.9 Å². The largest absolute Gasteiger partial charge is 0.360 e. The molecule has 0 aromatic heterocycles. The van der Waals surface area contributed by atoms with Crippen molar-refractivity contribution in [2.75, 3.05) is 29.9 Å². The zero-order chi connectivity index (χ0) is 18.1. The standard InChI is InChI=1S/C20H20ClN3O2/c21-18-4-2-1-3-15(18)16-11-17(16)20(26)23-13-5-7-14(8-6-13)24-10-9-22-19(25)12-24/h1-8,16-17H,9-12H2,(H,22,25)(H,23,26)/t16-,17+/m0/s1. The third-order valence-corrected chi connectivity index (χ3v) is 5.31. The van der Waals surface area contributed by atoms with Gasteiger partial charge in [-0.3, -0.25) is 9.59 Å². The average Bonchev–Trinajstić information content (AvgIpc) is 3.43. The number of carbonyl (C=O) groups is 2. The number of hydrogen-bond acceptors (Lipinski definition) is 3. The summed E-state index contributed by atoms with van der Waals surface area (Å²) in [5, 5.41) is 6.52. The summed E-state index contributed by atoms with van der Waals surface area (Å²) in [4.78, 5) is 26.0. The van der Waals surface area contributed by atoms with Crippen LogP contribution in [0, 0.1) is 5.92 Å². The highest BCUT2D eigenvalue weighted by Crippen LogP contribution is 2.50. The molecular formula is C20H20ClN3O2. The number of benzene rings is 2. The van der Waals surface area contributed by atoms with Crippen LogP contribution in [0.2, 0.25) is 5.02 Å². The molecule has 2 aliphatic rings. The number of piperazine rings is 1. The summed E-state index contributed by atoms with van der Waals surface area (Å²) in [5.41, 5.74) is 2.80. The Bertz CT molecular complexity index is 837. The van der Waals surface area contributed by atoms with Gasteiger partial charge in [0.2, 0.25) is 11.8 Å². The normalized spacial score (nSPS) is 21.9. The van der Waals surface area contributed by atoms with Crippen LogP contribution in [-0.2, 0) is 9.59 Å². The second-order valence-corrected chi connectivity index (χ2v) is 7.19. The van der Waals surface area contributed by atoms with Crippen molar-refractivity contribution >= 4 is 34.8 Å². The highest BCUT2D eigenvalue weighted by atomic mass is 35.5. The van der Waals surface area contributed by atoms with Gasteiger partial charge >= 0.3 is 0 Å². The molecule has 26 heavy (non-hydrogen) atoms. The van der Waals surface area contributed by atoms with Crippen molar-refractivity contribution in [3.8, 4) is 0 Å². The van der Waals surface area contributed by atoms with Crippen molar-refractivity contribution in [2.45, 2.75) is 12.3 Å². The highest BCUT2D eigenvalue weighted by Gasteiger charge is 2.44. The number of hydrogen-bond donors (Lipinski definition) is 2. The second kappa shape index (κ2) is 7.00. The Morgan fingerprint density at radius 2 is 1.92 bits per heavy atom. The maximum Gasteiger partial charge on any atom is 0.239 e. The molecule has 2 fully saturated rings. The molecule has 1 aliphatic heterocycles. The Morgan fingerprint density at radius 1 is 1.15 bits per heavy atom. The maximum absolute atomic E-state index is 12.5.